The number of hydrogen-bond acceptors (Lipinski definition) is 10. The molecule has 1 aliphatic rings. The number of nitrogens with one attached hydrogen (secondary N) is 1. The van der Waals surface area contributed by atoms with Crippen LogP contribution in [0.15, 0.2) is 83.9 Å². The Balaban J connectivity index is 1.22. The number of ether oxygens (including phenoxy) is 3. The molecular weight excluding hydrogens is 616 g/mol. The number of carbonyl (C=O) groups is 2. The first-order chi connectivity index (χ1) is 23.0. The van der Waals surface area contributed by atoms with Crippen molar-refractivity contribution in [2.24, 2.45) is 0 Å². The Labute approximate surface area is 275 Å². The number of hydrogen-bond donors (Lipinski definition) is 3. The maximum absolute atomic E-state index is 13.6. The quantitative estimate of drug-likeness (QED) is 0.190. The molecule has 12 nitrogen and oxygen atoms in total. The van der Waals surface area contributed by atoms with Gasteiger partial charge in [-0.1, -0.05) is 18.2 Å². The Kier molecular flexibility index (Phi) is 8.94. The average Bonchev–Trinajstić information content (AvgIpc) is 3.07. The first-order valence-corrected chi connectivity index (χ1v) is 15.4. The molecule has 5 aromatic rings. The summed E-state index contributed by atoms with van der Waals surface area (Å²) in [6, 6.07) is 18.5. The summed E-state index contributed by atoms with van der Waals surface area (Å²) < 4.78 is 18.8. The zero-order valence-corrected chi connectivity index (χ0v) is 26.6. The van der Waals surface area contributed by atoms with Crippen molar-refractivity contribution in [3.05, 3.63) is 106 Å². The fourth-order valence-corrected chi connectivity index (χ4v) is 5.39. The highest BCUT2D eigenvalue weighted by atomic mass is 16.5. The minimum Gasteiger partial charge on any atom is -0.493 e. The smallest absolute Gasteiger partial charge is 0.268 e. The molecule has 1 aliphatic carbocycles. The number of para-hydroxylation sites is 1. The minimum absolute atomic E-state index is 0.107. The number of ketones is 1. The number of carbonyl (C=O) groups excluding carboxylic acids is 2. The van der Waals surface area contributed by atoms with E-state index in [9.17, 15) is 24.6 Å². The van der Waals surface area contributed by atoms with Crippen LogP contribution in [-0.2, 0) is 6.42 Å². The normalized spacial score (nSPS) is 13.5. The highest BCUT2D eigenvalue weighted by molar-refractivity contribution is 6.06. The van der Waals surface area contributed by atoms with Crippen LogP contribution in [0.5, 0.6) is 23.0 Å². The molecule has 3 N–H and O–H groups in total. The van der Waals surface area contributed by atoms with Crippen molar-refractivity contribution in [1.82, 2.24) is 14.5 Å². The number of aromatic nitrogens is 3. The molecule has 0 aliphatic heterocycles. The van der Waals surface area contributed by atoms with Gasteiger partial charge in [-0.2, -0.15) is 0 Å². The maximum atomic E-state index is 13.6. The maximum Gasteiger partial charge on any atom is 0.268 e. The van der Waals surface area contributed by atoms with E-state index < -0.39 is 23.2 Å². The Bertz CT molecular complexity index is 2050. The zero-order valence-electron chi connectivity index (χ0n) is 26.6. The summed E-state index contributed by atoms with van der Waals surface area (Å²) in [6.07, 6.45) is 3.40. The number of anilines is 1. The number of Topliss-reactive ketones (excluding diaryl/α,β-unsaturated/α-hetero) is 1. The standard InChI is InChI=1S/C36H34N4O8/c1-36(2,45)32(42)20-47-31-18-26-23(17-30(31)46-3)29(14-15-37-26)48-22-12-13-33(38-19-22)39-34(43)25-16-24-27(10-7-11-28(24)41)40(35(25)44)21-8-5-4-6-9-21/h4-6,8-9,12-19,32,42,45H,7,10-11,20H2,1-3H3,(H,38,39,43)/t32-/m1/s1. The molecule has 2 aromatic carbocycles. The van der Waals surface area contributed by atoms with E-state index in [1.807, 2.05) is 6.07 Å². The summed E-state index contributed by atoms with van der Waals surface area (Å²) in [6.45, 7) is 2.81. The molecule has 1 amide bonds. The van der Waals surface area contributed by atoms with Gasteiger partial charge in [0.25, 0.3) is 11.5 Å². The van der Waals surface area contributed by atoms with Crippen LogP contribution in [0.4, 0.5) is 5.82 Å². The Morgan fingerprint density at radius 2 is 1.79 bits per heavy atom. The van der Waals surface area contributed by atoms with Crippen LogP contribution in [0, 0.1) is 0 Å². The van der Waals surface area contributed by atoms with Gasteiger partial charge in [-0.05, 0) is 69.2 Å². The second-order valence-corrected chi connectivity index (χ2v) is 11.9. The zero-order chi connectivity index (χ0) is 34.0. The molecule has 0 saturated heterocycles. The fourth-order valence-electron chi connectivity index (χ4n) is 5.39. The van der Waals surface area contributed by atoms with Crippen LogP contribution in [0.2, 0.25) is 0 Å². The van der Waals surface area contributed by atoms with Crippen molar-refractivity contribution in [3.8, 4) is 28.7 Å². The lowest BCUT2D eigenvalue weighted by Crippen LogP contribution is -2.40. The third kappa shape index (κ3) is 6.61. The Morgan fingerprint density at radius 3 is 2.50 bits per heavy atom. The van der Waals surface area contributed by atoms with Crippen molar-refractivity contribution >= 4 is 28.4 Å². The topological polar surface area (TPSA) is 162 Å². The lowest BCUT2D eigenvalue weighted by Gasteiger charge is -2.24. The summed E-state index contributed by atoms with van der Waals surface area (Å²) in [7, 11) is 1.48. The highest BCUT2D eigenvalue weighted by Crippen LogP contribution is 2.37. The van der Waals surface area contributed by atoms with Crippen LogP contribution >= 0.6 is 0 Å². The van der Waals surface area contributed by atoms with Crippen LogP contribution in [0.3, 0.4) is 0 Å². The minimum atomic E-state index is -1.35. The lowest BCUT2D eigenvalue weighted by molar-refractivity contribution is -0.0663. The third-order valence-corrected chi connectivity index (χ3v) is 8.08. The van der Waals surface area contributed by atoms with Crippen molar-refractivity contribution in [2.45, 2.75) is 44.8 Å². The van der Waals surface area contributed by atoms with Crippen LogP contribution < -0.4 is 25.1 Å². The van der Waals surface area contributed by atoms with Crippen LogP contribution in [0.1, 0.15) is 53.1 Å². The van der Waals surface area contributed by atoms with E-state index in [2.05, 4.69) is 15.3 Å². The Morgan fingerprint density at radius 1 is 1.00 bits per heavy atom. The van der Waals surface area contributed by atoms with E-state index in [4.69, 9.17) is 14.2 Å². The molecule has 246 valence electrons. The van der Waals surface area contributed by atoms with Crippen LogP contribution in [-0.4, -0.2) is 61.9 Å². The van der Waals surface area contributed by atoms with E-state index in [-0.39, 0.29) is 23.8 Å². The number of methoxy groups -OCH3 is 1. The second-order valence-electron chi connectivity index (χ2n) is 11.9. The molecule has 3 aromatic heterocycles. The van der Waals surface area contributed by atoms with E-state index >= 15 is 0 Å². The van der Waals surface area contributed by atoms with E-state index in [0.717, 1.165) is 0 Å². The summed E-state index contributed by atoms with van der Waals surface area (Å²) >= 11 is 0. The average molecular weight is 651 g/mol. The number of amides is 1. The molecule has 48 heavy (non-hydrogen) atoms. The molecule has 12 heteroatoms. The first-order valence-electron chi connectivity index (χ1n) is 15.4. The van der Waals surface area contributed by atoms with E-state index in [1.165, 1.54) is 43.9 Å². The molecule has 0 fully saturated rings. The molecule has 0 saturated carbocycles. The third-order valence-electron chi connectivity index (χ3n) is 8.08. The number of rotatable bonds is 10. The number of aliphatic hydroxyl groups is 2. The van der Waals surface area contributed by atoms with Crippen molar-refractivity contribution in [1.29, 1.82) is 0 Å². The predicted octanol–water partition coefficient (Wildman–Crippen LogP) is 4.86. The van der Waals surface area contributed by atoms with Crippen LogP contribution in [0.25, 0.3) is 16.6 Å². The van der Waals surface area contributed by atoms with Gasteiger partial charge in [-0.15, -0.1) is 0 Å². The SMILES string of the molecule is COc1cc2c(Oc3ccc(NC(=O)c4cc5c(n(-c6ccccc6)c4=O)CCCC5=O)nc3)ccnc2cc1OC[C@@H](O)C(C)(C)O. The van der Waals surface area contributed by atoms with Gasteiger partial charge < -0.3 is 29.7 Å². The fraction of sp³-hybridized carbons (Fsp3) is 0.250. The first kappa shape index (κ1) is 32.4. The van der Waals surface area contributed by atoms with Crippen molar-refractivity contribution < 1.29 is 34.0 Å². The molecule has 0 bridgehead atoms. The van der Waals surface area contributed by atoms with Gasteiger partial charge in [0.15, 0.2) is 17.3 Å². The Hall–Kier alpha value is -5.59. The monoisotopic (exact) mass is 650 g/mol. The van der Waals surface area contributed by atoms with Gasteiger partial charge >= 0.3 is 0 Å². The van der Waals surface area contributed by atoms with Crippen molar-refractivity contribution in [2.75, 3.05) is 19.0 Å². The summed E-state index contributed by atoms with van der Waals surface area (Å²) in [5.41, 5.74) is 0.0617. The number of fused-ring (bicyclic) bond motifs is 2. The summed E-state index contributed by atoms with van der Waals surface area (Å²) in [4.78, 5) is 48.5. The number of aliphatic hydroxyl groups excluding tert-OH is 1. The lowest BCUT2D eigenvalue weighted by atomic mass is 9.92. The number of pyridine rings is 3. The van der Waals surface area contributed by atoms with E-state index in [0.29, 0.717) is 70.1 Å². The molecular formula is C36H34N4O8. The summed E-state index contributed by atoms with van der Waals surface area (Å²) in [5, 5.41) is 23.5. The van der Waals surface area contributed by atoms with Gasteiger partial charge in [0, 0.05) is 41.0 Å². The largest absolute Gasteiger partial charge is 0.493 e. The molecule has 1 atom stereocenters. The highest BCUT2D eigenvalue weighted by Gasteiger charge is 2.27. The van der Waals surface area contributed by atoms with E-state index in [1.54, 1.807) is 54.7 Å². The van der Waals surface area contributed by atoms with Gasteiger partial charge in [-0.3, -0.25) is 23.9 Å². The van der Waals surface area contributed by atoms with Crippen molar-refractivity contribution in [3.63, 3.8) is 0 Å². The molecule has 0 unspecified atom stereocenters. The molecule has 6 rings (SSSR count). The molecule has 3 heterocycles. The number of benzene rings is 2. The number of nitrogens with zero attached hydrogens (tertiary/aromatic N) is 3. The van der Waals surface area contributed by atoms with Gasteiger partial charge in [0.05, 0.1) is 24.4 Å². The van der Waals surface area contributed by atoms with Gasteiger partial charge in [-0.25, -0.2) is 4.98 Å². The molecule has 0 radical (unpaired) electrons. The second kappa shape index (κ2) is 13.3. The van der Waals surface area contributed by atoms with Gasteiger partial charge in [0.2, 0.25) is 0 Å². The predicted molar refractivity (Wildman–Crippen MR) is 178 cm³/mol. The summed E-state index contributed by atoms with van der Waals surface area (Å²) in [5.74, 6) is 0.891. The van der Waals surface area contributed by atoms with Gasteiger partial charge in [0.1, 0.15) is 35.6 Å². The molecule has 0 spiro atoms.